The van der Waals surface area contributed by atoms with Crippen LogP contribution in [0, 0.1) is 11.7 Å². The Morgan fingerprint density at radius 2 is 2.04 bits per heavy atom. The maximum Gasteiger partial charge on any atom is 0.319 e. The van der Waals surface area contributed by atoms with E-state index in [0.29, 0.717) is 11.3 Å². The average Bonchev–Trinajstić information content (AvgIpc) is 2.50. The van der Waals surface area contributed by atoms with Gasteiger partial charge in [-0.1, -0.05) is 38.8 Å². The van der Waals surface area contributed by atoms with Crippen molar-refractivity contribution in [2.45, 2.75) is 43.8 Å². The quantitative estimate of drug-likeness (QED) is 0.573. The van der Waals surface area contributed by atoms with E-state index in [1.54, 1.807) is 13.8 Å². The summed E-state index contributed by atoms with van der Waals surface area (Å²) >= 11 is 7.27. The third-order valence-corrected chi connectivity index (χ3v) is 4.82. The first-order valence-electron chi connectivity index (χ1n) is 7.34. The Labute approximate surface area is 145 Å². The topological polar surface area (TPSA) is 55.4 Å². The summed E-state index contributed by atoms with van der Waals surface area (Å²) in [6, 6.07) is 2.59. The highest BCUT2D eigenvalue weighted by molar-refractivity contribution is 8.00. The first-order chi connectivity index (χ1) is 10.8. The molecule has 0 radical (unpaired) electrons. The molecular formula is C16H21ClFNO3S. The van der Waals surface area contributed by atoms with Gasteiger partial charge in [-0.15, -0.1) is 11.8 Å². The van der Waals surface area contributed by atoms with Crippen molar-refractivity contribution in [3.63, 3.8) is 0 Å². The van der Waals surface area contributed by atoms with Gasteiger partial charge in [-0.05, 0) is 18.6 Å². The van der Waals surface area contributed by atoms with Crippen LogP contribution in [0.1, 0.15) is 33.6 Å². The minimum Gasteiger partial charge on any atom is -0.468 e. The Balaban J connectivity index is 3.06. The van der Waals surface area contributed by atoms with Crippen LogP contribution in [0.4, 0.5) is 10.1 Å². The molecule has 7 heteroatoms. The molecule has 0 saturated heterocycles. The fraction of sp³-hybridized carbons (Fsp3) is 0.500. The highest BCUT2D eigenvalue weighted by Gasteiger charge is 2.22. The molecule has 1 aromatic rings. The van der Waals surface area contributed by atoms with Crippen molar-refractivity contribution in [2.24, 2.45) is 5.92 Å². The molecule has 4 nitrogen and oxygen atoms in total. The summed E-state index contributed by atoms with van der Waals surface area (Å²) in [5.41, 5.74) is 0.0516. The van der Waals surface area contributed by atoms with Gasteiger partial charge in [0.15, 0.2) is 0 Å². The standard InChI is InChI=1S/C16H21ClFNO3S/c1-5-6-13(16(21)22-4)23-14-8-12(11(18)7-10(14)17)19-15(20)9(2)3/h7-9,13H,5-6H2,1-4H3,(H,19,20). The summed E-state index contributed by atoms with van der Waals surface area (Å²) in [5.74, 6) is -1.53. The maximum absolute atomic E-state index is 14.0. The second-order valence-corrected chi connectivity index (χ2v) is 6.98. The third kappa shape index (κ3) is 5.70. The molecular weight excluding hydrogens is 341 g/mol. The number of thioether (sulfide) groups is 1. The molecule has 0 spiro atoms. The fourth-order valence-corrected chi connectivity index (χ4v) is 3.26. The van der Waals surface area contributed by atoms with Crippen molar-refractivity contribution < 1.29 is 18.7 Å². The van der Waals surface area contributed by atoms with E-state index in [4.69, 9.17) is 16.3 Å². The van der Waals surface area contributed by atoms with Crippen molar-refractivity contribution in [1.29, 1.82) is 0 Å². The number of carbonyl (C=O) groups excluding carboxylic acids is 2. The van der Waals surface area contributed by atoms with E-state index in [-0.39, 0.29) is 28.5 Å². The average molecular weight is 362 g/mol. The van der Waals surface area contributed by atoms with Gasteiger partial charge in [0, 0.05) is 10.8 Å². The number of carbonyl (C=O) groups is 2. The fourth-order valence-electron chi connectivity index (χ4n) is 1.76. The number of esters is 1. The second-order valence-electron chi connectivity index (χ2n) is 5.32. The normalized spacial score (nSPS) is 12.1. The Morgan fingerprint density at radius 1 is 1.39 bits per heavy atom. The van der Waals surface area contributed by atoms with Crippen LogP contribution in [0.3, 0.4) is 0 Å². The van der Waals surface area contributed by atoms with E-state index in [1.165, 1.54) is 24.9 Å². The predicted molar refractivity (Wildman–Crippen MR) is 91.4 cm³/mol. The van der Waals surface area contributed by atoms with Crippen LogP contribution >= 0.6 is 23.4 Å². The molecule has 0 saturated carbocycles. The van der Waals surface area contributed by atoms with Crippen LogP contribution in [0.15, 0.2) is 17.0 Å². The molecule has 0 aliphatic rings. The molecule has 0 aromatic heterocycles. The Morgan fingerprint density at radius 3 is 2.57 bits per heavy atom. The molecule has 1 amide bonds. The van der Waals surface area contributed by atoms with Crippen molar-refractivity contribution in [1.82, 2.24) is 0 Å². The molecule has 1 atom stereocenters. The molecule has 1 N–H and O–H groups in total. The van der Waals surface area contributed by atoms with Crippen molar-refractivity contribution in [3.8, 4) is 0 Å². The summed E-state index contributed by atoms with van der Waals surface area (Å²) < 4.78 is 18.7. The summed E-state index contributed by atoms with van der Waals surface area (Å²) in [4.78, 5) is 24.1. The lowest BCUT2D eigenvalue weighted by molar-refractivity contribution is -0.140. The van der Waals surface area contributed by atoms with Gasteiger partial charge < -0.3 is 10.1 Å². The number of hydrogen-bond donors (Lipinski definition) is 1. The lowest BCUT2D eigenvalue weighted by atomic mass is 10.2. The molecule has 1 unspecified atom stereocenters. The smallest absolute Gasteiger partial charge is 0.319 e. The molecule has 0 heterocycles. The van der Waals surface area contributed by atoms with E-state index < -0.39 is 11.1 Å². The molecule has 128 valence electrons. The van der Waals surface area contributed by atoms with E-state index in [2.05, 4.69) is 5.32 Å². The van der Waals surface area contributed by atoms with Crippen LogP contribution in [0.5, 0.6) is 0 Å². The Hall–Kier alpha value is -1.27. The van der Waals surface area contributed by atoms with E-state index in [0.717, 1.165) is 12.5 Å². The largest absolute Gasteiger partial charge is 0.468 e. The highest BCUT2D eigenvalue weighted by Crippen LogP contribution is 2.36. The van der Waals surface area contributed by atoms with Gasteiger partial charge in [-0.3, -0.25) is 9.59 Å². The summed E-state index contributed by atoms with van der Waals surface area (Å²) in [5, 5.41) is 2.29. The van der Waals surface area contributed by atoms with Gasteiger partial charge in [0.05, 0.1) is 17.8 Å². The van der Waals surface area contributed by atoms with E-state index in [1.807, 2.05) is 6.92 Å². The van der Waals surface area contributed by atoms with Crippen LogP contribution < -0.4 is 5.32 Å². The number of ether oxygens (including phenoxy) is 1. The summed E-state index contributed by atoms with van der Waals surface area (Å²) in [7, 11) is 1.33. The van der Waals surface area contributed by atoms with E-state index in [9.17, 15) is 14.0 Å². The SMILES string of the molecule is CCCC(Sc1cc(NC(=O)C(C)C)c(F)cc1Cl)C(=O)OC. The van der Waals surface area contributed by atoms with Crippen LogP contribution in [0.25, 0.3) is 0 Å². The molecule has 0 aliphatic carbocycles. The maximum atomic E-state index is 14.0. The van der Waals surface area contributed by atoms with E-state index >= 15 is 0 Å². The number of benzene rings is 1. The number of anilines is 1. The van der Waals surface area contributed by atoms with Gasteiger partial charge in [0.2, 0.25) is 5.91 Å². The molecule has 1 aromatic carbocycles. The van der Waals surface area contributed by atoms with Crippen LogP contribution in [0.2, 0.25) is 5.02 Å². The van der Waals surface area contributed by atoms with Crippen molar-refractivity contribution in [3.05, 3.63) is 23.0 Å². The minimum absolute atomic E-state index is 0.0516. The molecule has 1 rings (SSSR count). The van der Waals surface area contributed by atoms with Gasteiger partial charge in [0.25, 0.3) is 0 Å². The molecule has 0 bridgehead atoms. The number of halogens is 2. The minimum atomic E-state index is -0.613. The van der Waals surface area contributed by atoms with Gasteiger partial charge in [-0.2, -0.15) is 0 Å². The van der Waals surface area contributed by atoms with Crippen LogP contribution in [-0.2, 0) is 14.3 Å². The van der Waals surface area contributed by atoms with Gasteiger partial charge in [-0.25, -0.2) is 4.39 Å². The number of rotatable bonds is 7. The lowest BCUT2D eigenvalue weighted by Crippen LogP contribution is -2.19. The zero-order valence-electron chi connectivity index (χ0n) is 13.6. The van der Waals surface area contributed by atoms with Crippen molar-refractivity contribution in [2.75, 3.05) is 12.4 Å². The Kier molecular flexibility index (Phi) is 7.85. The van der Waals surface area contributed by atoms with Crippen LogP contribution in [-0.4, -0.2) is 24.2 Å². The summed E-state index contributed by atoms with van der Waals surface area (Å²) in [6.45, 7) is 5.39. The third-order valence-electron chi connectivity index (χ3n) is 3.09. The second kappa shape index (κ2) is 9.13. The van der Waals surface area contributed by atoms with Gasteiger partial charge >= 0.3 is 5.97 Å². The molecule has 23 heavy (non-hydrogen) atoms. The van der Waals surface area contributed by atoms with Gasteiger partial charge in [0.1, 0.15) is 11.1 Å². The monoisotopic (exact) mass is 361 g/mol. The number of hydrogen-bond acceptors (Lipinski definition) is 4. The first kappa shape index (κ1) is 19.8. The zero-order chi connectivity index (χ0) is 17.6. The first-order valence-corrected chi connectivity index (χ1v) is 8.60. The lowest BCUT2D eigenvalue weighted by Gasteiger charge is -2.16. The Bertz CT molecular complexity index is 581. The number of methoxy groups -OCH3 is 1. The predicted octanol–water partition coefficient (Wildman–Crippen LogP) is 4.51. The highest BCUT2D eigenvalue weighted by atomic mass is 35.5. The zero-order valence-corrected chi connectivity index (χ0v) is 15.2. The summed E-state index contributed by atoms with van der Waals surface area (Å²) in [6.07, 6.45) is 1.40. The number of nitrogens with one attached hydrogen (secondary N) is 1. The van der Waals surface area contributed by atoms with Crippen molar-refractivity contribution >= 4 is 40.9 Å². The molecule has 0 fully saturated rings. The molecule has 0 aliphatic heterocycles. The number of amides is 1.